The smallest absolute Gasteiger partial charge is 0.494 e. The topological polar surface area (TPSA) is 18.5 Å². The largest absolute Gasteiger partial charge is 0.522 e. The second-order valence-corrected chi connectivity index (χ2v) is 5.11. The summed E-state index contributed by atoms with van der Waals surface area (Å²) in [5, 5.41) is 1.82. The van der Waals surface area contributed by atoms with Gasteiger partial charge in [-0.25, -0.2) is 0 Å². The molecule has 0 atom stereocenters. The van der Waals surface area contributed by atoms with Crippen LogP contribution >= 0.6 is 11.6 Å². The Morgan fingerprint density at radius 1 is 1.05 bits per heavy atom. The highest BCUT2D eigenvalue weighted by atomic mass is 35.5. The van der Waals surface area contributed by atoms with Gasteiger partial charge in [0.05, 0.1) is 13.2 Å². The first-order chi connectivity index (χ1) is 10.5. The first-order valence-electron chi connectivity index (χ1n) is 6.91. The van der Waals surface area contributed by atoms with Gasteiger partial charge in [-0.15, -0.1) is 24.8 Å². The van der Waals surface area contributed by atoms with Crippen molar-refractivity contribution < 1.29 is 22.6 Å². The minimum Gasteiger partial charge on any atom is -0.494 e. The molecular weight excluding hydrogens is 317 g/mol. The highest BCUT2D eigenvalue weighted by Gasteiger charge is 2.28. The van der Waals surface area contributed by atoms with Crippen LogP contribution in [0.25, 0.3) is 10.8 Å². The molecule has 0 bridgehead atoms. The van der Waals surface area contributed by atoms with Crippen LogP contribution in [0.5, 0.6) is 5.75 Å². The Kier molecular flexibility index (Phi) is 5.91. The molecule has 0 aromatic heterocycles. The summed E-state index contributed by atoms with van der Waals surface area (Å²) in [5.41, 5.74) is 0.796. The summed E-state index contributed by atoms with van der Waals surface area (Å²) in [5.74, 6) is 1.20. The lowest BCUT2D eigenvalue weighted by atomic mass is 10.0. The third kappa shape index (κ3) is 5.07. The fourth-order valence-corrected chi connectivity index (χ4v) is 2.25. The van der Waals surface area contributed by atoms with Gasteiger partial charge >= 0.3 is 6.36 Å². The average Bonchev–Trinajstić information content (AvgIpc) is 2.46. The van der Waals surface area contributed by atoms with E-state index in [4.69, 9.17) is 16.3 Å². The molecule has 0 aliphatic heterocycles. The van der Waals surface area contributed by atoms with Crippen LogP contribution < -0.4 is 4.74 Å². The van der Waals surface area contributed by atoms with E-state index in [-0.39, 0.29) is 6.42 Å². The molecule has 120 valence electrons. The number of alkyl halides is 4. The highest BCUT2D eigenvalue weighted by molar-refractivity contribution is 6.17. The second kappa shape index (κ2) is 7.70. The number of fused-ring (bicyclic) bond motifs is 1. The lowest BCUT2D eigenvalue weighted by molar-refractivity contribution is -0.324. The van der Waals surface area contributed by atoms with E-state index < -0.39 is 13.0 Å². The molecule has 0 fully saturated rings. The number of halogens is 4. The Morgan fingerprint density at radius 3 is 2.59 bits per heavy atom. The van der Waals surface area contributed by atoms with Gasteiger partial charge in [0.2, 0.25) is 0 Å². The van der Waals surface area contributed by atoms with Gasteiger partial charge in [0.1, 0.15) is 5.75 Å². The van der Waals surface area contributed by atoms with Gasteiger partial charge in [-0.1, -0.05) is 24.3 Å². The summed E-state index contributed by atoms with van der Waals surface area (Å²) in [7, 11) is 0. The number of benzene rings is 2. The van der Waals surface area contributed by atoms with Crippen molar-refractivity contribution in [3.05, 3.63) is 42.0 Å². The van der Waals surface area contributed by atoms with Crippen molar-refractivity contribution >= 4 is 22.4 Å². The van der Waals surface area contributed by atoms with Gasteiger partial charge in [0, 0.05) is 5.88 Å². The van der Waals surface area contributed by atoms with E-state index in [1.54, 1.807) is 6.07 Å². The first kappa shape index (κ1) is 16.9. The number of hydrogen-bond acceptors (Lipinski definition) is 2. The molecular formula is C16H16ClF3O2. The van der Waals surface area contributed by atoms with E-state index in [1.807, 2.05) is 30.3 Å². The van der Waals surface area contributed by atoms with Crippen LogP contribution in [0.4, 0.5) is 13.2 Å². The second-order valence-electron chi connectivity index (χ2n) is 4.74. The van der Waals surface area contributed by atoms with E-state index in [0.29, 0.717) is 18.2 Å². The molecule has 0 N–H and O–H groups in total. The minimum atomic E-state index is -4.60. The molecule has 0 saturated carbocycles. The Labute approximate surface area is 131 Å². The fraction of sp³-hybridized carbons (Fsp3) is 0.375. The van der Waals surface area contributed by atoms with Crippen molar-refractivity contribution in [2.75, 3.05) is 19.1 Å². The van der Waals surface area contributed by atoms with Crippen LogP contribution in [-0.2, 0) is 11.2 Å². The van der Waals surface area contributed by atoms with Crippen molar-refractivity contribution in [3.8, 4) is 5.75 Å². The lowest BCUT2D eigenvalue weighted by Gasteiger charge is -2.11. The molecule has 6 heteroatoms. The summed E-state index contributed by atoms with van der Waals surface area (Å²) in [4.78, 5) is 0. The molecule has 0 unspecified atom stereocenters. The van der Waals surface area contributed by atoms with Crippen LogP contribution in [0.3, 0.4) is 0 Å². The number of rotatable bonds is 7. The number of ether oxygens (including phenoxy) is 2. The van der Waals surface area contributed by atoms with Crippen LogP contribution in [0.15, 0.2) is 36.4 Å². The molecule has 0 amide bonds. The highest BCUT2D eigenvalue weighted by Crippen LogP contribution is 2.25. The zero-order valence-electron chi connectivity index (χ0n) is 11.8. The number of hydrogen-bond donors (Lipinski definition) is 0. The quantitative estimate of drug-likeness (QED) is 0.529. The molecule has 0 saturated heterocycles. The summed E-state index contributed by atoms with van der Waals surface area (Å²) in [6.45, 7) is 0.105. The average molecular weight is 333 g/mol. The third-order valence-corrected chi connectivity index (χ3v) is 3.39. The summed E-state index contributed by atoms with van der Waals surface area (Å²) < 4.78 is 45.6. The zero-order valence-corrected chi connectivity index (χ0v) is 12.6. The molecule has 2 aromatic rings. The van der Waals surface area contributed by atoms with E-state index >= 15 is 0 Å². The van der Waals surface area contributed by atoms with Crippen molar-refractivity contribution in [3.63, 3.8) is 0 Å². The summed E-state index contributed by atoms with van der Waals surface area (Å²) >= 11 is 5.60. The van der Waals surface area contributed by atoms with Gasteiger partial charge in [-0.05, 0) is 41.3 Å². The lowest BCUT2D eigenvalue weighted by Crippen LogP contribution is -2.15. The Bertz CT molecular complexity index is 614. The maximum absolute atomic E-state index is 12.1. The van der Waals surface area contributed by atoms with E-state index in [0.717, 1.165) is 22.8 Å². The Hall–Kier alpha value is -1.46. The van der Waals surface area contributed by atoms with E-state index in [1.165, 1.54) is 0 Å². The van der Waals surface area contributed by atoms with Crippen LogP contribution in [0.1, 0.15) is 12.0 Å². The van der Waals surface area contributed by atoms with Crippen molar-refractivity contribution in [2.45, 2.75) is 19.2 Å². The van der Waals surface area contributed by atoms with Crippen LogP contribution in [0, 0.1) is 0 Å². The summed E-state index contributed by atoms with van der Waals surface area (Å²) in [6, 6.07) is 11.1. The molecule has 0 aliphatic rings. The third-order valence-electron chi connectivity index (χ3n) is 3.13. The van der Waals surface area contributed by atoms with Crippen molar-refractivity contribution in [2.24, 2.45) is 0 Å². The predicted molar refractivity (Wildman–Crippen MR) is 80.5 cm³/mol. The summed E-state index contributed by atoms with van der Waals surface area (Å²) in [6.07, 6.45) is -3.68. The first-order valence-corrected chi connectivity index (χ1v) is 7.44. The molecule has 22 heavy (non-hydrogen) atoms. The zero-order chi connectivity index (χ0) is 16.0. The van der Waals surface area contributed by atoms with Gasteiger partial charge in [0.25, 0.3) is 0 Å². The van der Waals surface area contributed by atoms with Crippen LogP contribution in [0.2, 0.25) is 0 Å². The molecule has 0 radical (unpaired) electrons. The molecule has 0 aliphatic carbocycles. The van der Waals surface area contributed by atoms with Crippen molar-refractivity contribution in [1.82, 2.24) is 0 Å². The Morgan fingerprint density at radius 2 is 1.86 bits per heavy atom. The van der Waals surface area contributed by atoms with E-state index in [2.05, 4.69) is 4.74 Å². The van der Waals surface area contributed by atoms with Crippen molar-refractivity contribution in [1.29, 1.82) is 0 Å². The predicted octanol–water partition coefficient (Wildman–Crippen LogP) is 4.93. The maximum Gasteiger partial charge on any atom is 0.522 e. The molecule has 0 spiro atoms. The van der Waals surface area contributed by atoms with Gasteiger partial charge in [0.15, 0.2) is 0 Å². The molecule has 2 nitrogen and oxygen atoms in total. The van der Waals surface area contributed by atoms with E-state index in [9.17, 15) is 13.2 Å². The molecule has 2 rings (SSSR count). The van der Waals surface area contributed by atoms with Gasteiger partial charge < -0.3 is 4.74 Å². The SMILES string of the molecule is FC(F)(F)OCCc1cccc2ccc(OCCCCl)cc12. The molecule has 2 aromatic carbocycles. The van der Waals surface area contributed by atoms with Crippen LogP contribution in [-0.4, -0.2) is 25.5 Å². The Balaban J connectivity index is 2.13. The molecule has 0 heterocycles. The monoisotopic (exact) mass is 332 g/mol. The fourth-order valence-electron chi connectivity index (χ4n) is 2.15. The van der Waals surface area contributed by atoms with Gasteiger partial charge in [-0.3, -0.25) is 4.74 Å². The minimum absolute atomic E-state index is 0.183. The maximum atomic E-state index is 12.1. The standard InChI is InChI=1S/C16H16ClF3O2/c17-8-2-9-21-14-6-5-12-3-1-4-13(15(12)11-14)7-10-22-16(18,19)20/h1,3-6,11H,2,7-10H2. The van der Waals surface area contributed by atoms with Gasteiger partial charge in [-0.2, -0.15) is 0 Å². The normalized spacial score (nSPS) is 11.8.